The fraction of sp³-hybridized carbons (Fsp3) is 0.625. The monoisotopic (exact) mass is 246 g/mol. The fourth-order valence-corrected chi connectivity index (χ4v) is 2.17. The smallest absolute Gasteiger partial charge is 0.0363 e. The van der Waals surface area contributed by atoms with Gasteiger partial charge in [-0.1, -0.05) is 26.0 Å². The largest absolute Gasteiger partial charge is 0.374 e. The fourth-order valence-electron chi connectivity index (χ4n) is 2.17. The molecule has 1 aliphatic carbocycles. The van der Waals surface area contributed by atoms with Crippen molar-refractivity contribution in [3.8, 4) is 0 Å². The second-order valence-corrected chi connectivity index (χ2v) is 6.02. The number of anilines is 1. The van der Waals surface area contributed by atoms with Gasteiger partial charge in [0.05, 0.1) is 0 Å². The first kappa shape index (κ1) is 13.4. The first-order chi connectivity index (χ1) is 8.65. The molecule has 1 saturated carbocycles. The third-order valence-electron chi connectivity index (χ3n) is 3.49. The summed E-state index contributed by atoms with van der Waals surface area (Å²) >= 11 is 0. The van der Waals surface area contributed by atoms with Crippen LogP contribution in [0.15, 0.2) is 24.3 Å². The van der Waals surface area contributed by atoms with E-state index in [1.54, 1.807) is 0 Å². The third kappa shape index (κ3) is 4.34. The standard InChI is InChI=1S/C16H26N2/c1-13(2)10-17-11-14-6-8-16(9-7-14)18(3)12-15-4-5-15/h6-9,13,15,17H,4-5,10-12H2,1-3H3. The number of rotatable bonds is 7. The number of nitrogens with zero attached hydrogens (tertiary/aromatic N) is 1. The van der Waals surface area contributed by atoms with Gasteiger partial charge in [-0.3, -0.25) is 0 Å². The molecule has 2 nitrogen and oxygen atoms in total. The minimum Gasteiger partial charge on any atom is -0.374 e. The average Bonchev–Trinajstić information content (AvgIpc) is 3.13. The SMILES string of the molecule is CC(C)CNCc1ccc(N(C)CC2CC2)cc1. The minimum atomic E-state index is 0.717. The van der Waals surface area contributed by atoms with E-state index in [2.05, 4.69) is 55.4 Å². The van der Waals surface area contributed by atoms with Gasteiger partial charge in [-0.25, -0.2) is 0 Å². The molecule has 0 aromatic heterocycles. The molecule has 0 unspecified atom stereocenters. The van der Waals surface area contributed by atoms with Gasteiger partial charge >= 0.3 is 0 Å². The second-order valence-electron chi connectivity index (χ2n) is 6.02. The Balaban J connectivity index is 1.80. The Hall–Kier alpha value is -1.02. The Bertz CT molecular complexity index is 352. The summed E-state index contributed by atoms with van der Waals surface area (Å²) in [6.45, 7) is 7.75. The zero-order valence-electron chi connectivity index (χ0n) is 11.9. The van der Waals surface area contributed by atoms with Crippen molar-refractivity contribution in [2.75, 3.05) is 25.0 Å². The lowest BCUT2D eigenvalue weighted by Crippen LogP contribution is -2.20. The lowest BCUT2D eigenvalue weighted by atomic mass is 10.1. The molecule has 0 aliphatic heterocycles. The molecular formula is C16H26N2. The molecule has 0 bridgehead atoms. The van der Waals surface area contributed by atoms with E-state index in [9.17, 15) is 0 Å². The van der Waals surface area contributed by atoms with Crippen LogP contribution in [0.4, 0.5) is 5.69 Å². The predicted octanol–water partition coefficient (Wildman–Crippen LogP) is 3.28. The predicted molar refractivity (Wildman–Crippen MR) is 79.0 cm³/mol. The van der Waals surface area contributed by atoms with Crippen LogP contribution in [0.5, 0.6) is 0 Å². The maximum atomic E-state index is 3.48. The number of benzene rings is 1. The number of nitrogens with one attached hydrogen (secondary N) is 1. The normalized spacial score (nSPS) is 15.1. The van der Waals surface area contributed by atoms with E-state index in [0.29, 0.717) is 5.92 Å². The van der Waals surface area contributed by atoms with Crippen molar-refractivity contribution in [3.63, 3.8) is 0 Å². The molecule has 18 heavy (non-hydrogen) atoms. The van der Waals surface area contributed by atoms with Crippen LogP contribution in [0.1, 0.15) is 32.3 Å². The highest BCUT2D eigenvalue weighted by molar-refractivity contribution is 5.47. The van der Waals surface area contributed by atoms with Gasteiger partial charge in [-0.05, 0) is 48.9 Å². The summed E-state index contributed by atoms with van der Waals surface area (Å²) in [6, 6.07) is 8.97. The van der Waals surface area contributed by atoms with Crippen molar-refractivity contribution in [2.24, 2.45) is 11.8 Å². The summed E-state index contributed by atoms with van der Waals surface area (Å²) in [5, 5.41) is 3.48. The molecule has 0 amide bonds. The Morgan fingerprint density at radius 2 is 1.89 bits per heavy atom. The third-order valence-corrected chi connectivity index (χ3v) is 3.49. The molecule has 2 heteroatoms. The highest BCUT2D eigenvalue weighted by atomic mass is 15.1. The average molecular weight is 246 g/mol. The second kappa shape index (κ2) is 6.24. The van der Waals surface area contributed by atoms with Crippen LogP contribution in [0.2, 0.25) is 0 Å². The maximum Gasteiger partial charge on any atom is 0.0363 e. The lowest BCUT2D eigenvalue weighted by Gasteiger charge is -2.19. The lowest BCUT2D eigenvalue weighted by molar-refractivity contribution is 0.552. The van der Waals surface area contributed by atoms with E-state index < -0.39 is 0 Å². The summed E-state index contributed by atoms with van der Waals surface area (Å²) < 4.78 is 0. The summed E-state index contributed by atoms with van der Waals surface area (Å²) in [6.07, 6.45) is 2.84. The van der Waals surface area contributed by atoms with Crippen molar-refractivity contribution >= 4 is 5.69 Å². The molecule has 1 aromatic carbocycles. The van der Waals surface area contributed by atoms with Crippen LogP contribution in [-0.4, -0.2) is 20.1 Å². The Kier molecular flexibility index (Phi) is 4.65. The first-order valence-corrected chi connectivity index (χ1v) is 7.16. The number of hydrogen-bond donors (Lipinski definition) is 1. The topological polar surface area (TPSA) is 15.3 Å². The molecular weight excluding hydrogens is 220 g/mol. The van der Waals surface area contributed by atoms with Gasteiger partial charge < -0.3 is 10.2 Å². The van der Waals surface area contributed by atoms with Gasteiger partial charge in [0.15, 0.2) is 0 Å². The highest BCUT2D eigenvalue weighted by Crippen LogP contribution is 2.30. The molecule has 0 radical (unpaired) electrons. The van der Waals surface area contributed by atoms with Crippen LogP contribution >= 0.6 is 0 Å². The zero-order valence-corrected chi connectivity index (χ0v) is 11.9. The van der Waals surface area contributed by atoms with Gasteiger partial charge in [0.2, 0.25) is 0 Å². The molecule has 1 fully saturated rings. The van der Waals surface area contributed by atoms with Crippen LogP contribution in [-0.2, 0) is 6.54 Å². The van der Waals surface area contributed by atoms with Gasteiger partial charge in [0, 0.05) is 25.8 Å². The van der Waals surface area contributed by atoms with Crippen molar-refractivity contribution in [1.29, 1.82) is 0 Å². The minimum absolute atomic E-state index is 0.717. The molecule has 1 N–H and O–H groups in total. The Morgan fingerprint density at radius 3 is 2.44 bits per heavy atom. The van der Waals surface area contributed by atoms with Gasteiger partial charge in [0.25, 0.3) is 0 Å². The van der Waals surface area contributed by atoms with Crippen LogP contribution < -0.4 is 10.2 Å². The van der Waals surface area contributed by atoms with Crippen molar-refractivity contribution in [3.05, 3.63) is 29.8 Å². The zero-order chi connectivity index (χ0) is 13.0. The Morgan fingerprint density at radius 1 is 1.22 bits per heavy atom. The maximum absolute atomic E-state index is 3.48. The first-order valence-electron chi connectivity index (χ1n) is 7.16. The van der Waals surface area contributed by atoms with Crippen LogP contribution in [0.25, 0.3) is 0 Å². The van der Waals surface area contributed by atoms with Crippen LogP contribution in [0.3, 0.4) is 0 Å². The van der Waals surface area contributed by atoms with Gasteiger partial charge in [0.1, 0.15) is 0 Å². The van der Waals surface area contributed by atoms with Crippen molar-refractivity contribution in [2.45, 2.75) is 33.2 Å². The summed E-state index contributed by atoms with van der Waals surface area (Å²) in [4.78, 5) is 2.38. The molecule has 2 rings (SSSR count). The van der Waals surface area contributed by atoms with Gasteiger partial charge in [-0.15, -0.1) is 0 Å². The van der Waals surface area contributed by atoms with Crippen molar-refractivity contribution < 1.29 is 0 Å². The van der Waals surface area contributed by atoms with Gasteiger partial charge in [-0.2, -0.15) is 0 Å². The highest BCUT2D eigenvalue weighted by Gasteiger charge is 2.22. The molecule has 0 heterocycles. The summed E-state index contributed by atoms with van der Waals surface area (Å²) in [5.74, 6) is 1.66. The molecule has 100 valence electrons. The molecule has 0 saturated heterocycles. The molecule has 0 atom stereocenters. The van der Waals surface area contributed by atoms with Crippen LogP contribution in [0, 0.1) is 11.8 Å². The summed E-state index contributed by atoms with van der Waals surface area (Å²) in [5.41, 5.74) is 2.72. The van der Waals surface area contributed by atoms with E-state index in [1.807, 2.05) is 0 Å². The Labute approximate surface area is 111 Å². The number of hydrogen-bond acceptors (Lipinski definition) is 2. The summed E-state index contributed by atoms with van der Waals surface area (Å²) in [7, 11) is 2.20. The van der Waals surface area contributed by atoms with E-state index in [-0.39, 0.29) is 0 Å². The quantitative estimate of drug-likeness (QED) is 0.794. The van der Waals surface area contributed by atoms with E-state index in [0.717, 1.165) is 19.0 Å². The molecule has 1 aromatic rings. The van der Waals surface area contributed by atoms with E-state index >= 15 is 0 Å². The van der Waals surface area contributed by atoms with E-state index in [1.165, 1.54) is 30.6 Å². The molecule has 1 aliphatic rings. The van der Waals surface area contributed by atoms with E-state index in [4.69, 9.17) is 0 Å². The van der Waals surface area contributed by atoms with Crippen molar-refractivity contribution in [1.82, 2.24) is 5.32 Å². The molecule has 0 spiro atoms.